The average molecular weight is 261 g/mol. The molecule has 1 aromatic heterocycles. The van der Waals surface area contributed by atoms with Crippen LogP contribution in [0.4, 0.5) is 0 Å². The molecule has 0 N–H and O–H groups in total. The van der Waals surface area contributed by atoms with Gasteiger partial charge in [-0.2, -0.15) is 0 Å². The van der Waals surface area contributed by atoms with E-state index in [1.807, 2.05) is 37.0 Å². The third-order valence-electron chi connectivity index (χ3n) is 3.62. The van der Waals surface area contributed by atoms with Crippen LogP contribution in [0.1, 0.15) is 30.0 Å². The van der Waals surface area contributed by atoms with Gasteiger partial charge in [0, 0.05) is 30.9 Å². The third-order valence-corrected chi connectivity index (χ3v) is 3.62. The lowest BCUT2D eigenvalue weighted by molar-refractivity contribution is -0.133. The van der Waals surface area contributed by atoms with Crippen molar-refractivity contribution in [2.75, 3.05) is 33.7 Å². The molecule has 1 aliphatic rings. The molecule has 0 radical (unpaired) electrons. The van der Waals surface area contributed by atoms with Gasteiger partial charge in [-0.05, 0) is 51.6 Å². The van der Waals surface area contributed by atoms with Gasteiger partial charge in [0.2, 0.25) is 5.91 Å². The fourth-order valence-electron chi connectivity index (χ4n) is 2.67. The Morgan fingerprint density at radius 3 is 3.00 bits per heavy atom. The number of pyridine rings is 1. The lowest BCUT2D eigenvalue weighted by Crippen LogP contribution is -2.43. The van der Waals surface area contributed by atoms with Crippen molar-refractivity contribution in [1.82, 2.24) is 14.8 Å². The summed E-state index contributed by atoms with van der Waals surface area (Å²) in [6, 6.07) is 4.22. The first kappa shape index (κ1) is 14.0. The van der Waals surface area contributed by atoms with Gasteiger partial charge in [0.15, 0.2) is 0 Å². The lowest BCUT2D eigenvalue weighted by Gasteiger charge is -2.33. The number of nitrogens with zero attached hydrogens (tertiary/aromatic N) is 3. The summed E-state index contributed by atoms with van der Waals surface area (Å²) >= 11 is 0. The number of amides is 1. The Bertz CT molecular complexity index is 445. The maximum atomic E-state index is 12.1. The number of piperidine rings is 1. The number of hydrogen-bond donors (Lipinski definition) is 0. The summed E-state index contributed by atoms with van der Waals surface area (Å²) in [7, 11) is 3.87. The molecular formula is C15H23N3O. The quantitative estimate of drug-likeness (QED) is 0.830. The molecule has 4 nitrogen and oxygen atoms in total. The number of likely N-dealkylation sites (N-methyl/N-ethyl adjacent to an activating group) is 1. The molecule has 0 saturated carbocycles. The molecule has 2 rings (SSSR count). The van der Waals surface area contributed by atoms with Crippen LogP contribution in [0.5, 0.6) is 0 Å². The predicted octanol–water partition coefficient (Wildman–Crippen LogP) is 1.66. The van der Waals surface area contributed by atoms with Gasteiger partial charge in [0.25, 0.3) is 0 Å². The largest absolute Gasteiger partial charge is 0.341 e. The molecule has 0 bridgehead atoms. The number of aromatic nitrogens is 1. The van der Waals surface area contributed by atoms with Gasteiger partial charge in [-0.1, -0.05) is 0 Å². The molecule has 4 heteroatoms. The zero-order valence-corrected chi connectivity index (χ0v) is 12.1. The highest BCUT2D eigenvalue weighted by molar-refractivity contribution is 5.78. The zero-order valence-electron chi connectivity index (χ0n) is 12.1. The third kappa shape index (κ3) is 3.77. The summed E-state index contributed by atoms with van der Waals surface area (Å²) in [6.07, 6.45) is 4.12. The molecule has 104 valence electrons. The standard InChI is InChI=1S/C15H23N3O/c1-12-9-13(6-7-16-12)14-5-4-8-18(10-14)15(19)11-17(2)3/h6-7,9,14H,4-5,8,10-11H2,1-3H3. The van der Waals surface area contributed by atoms with E-state index in [4.69, 9.17) is 0 Å². The van der Waals surface area contributed by atoms with Gasteiger partial charge >= 0.3 is 0 Å². The highest BCUT2D eigenvalue weighted by Crippen LogP contribution is 2.26. The van der Waals surface area contributed by atoms with Crippen molar-refractivity contribution in [3.05, 3.63) is 29.6 Å². The first-order chi connectivity index (χ1) is 9.06. The van der Waals surface area contributed by atoms with Crippen molar-refractivity contribution >= 4 is 5.91 Å². The molecule has 1 amide bonds. The van der Waals surface area contributed by atoms with E-state index in [1.54, 1.807) is 0 Å². The van der Waals surface area contributed by atoms with Gasteiger partial charge in [-0.3, -0.25) is 9.78 Å². The van der Waals surface area contributed by atoms with Gasteiger partial charge in [-0.25, -0.2) is 0 Å². The molecular weight excluding hydrogens is 238 g/mol. The fraction of sp³-hybridized carbons (Fsp3) is 0.600. The average Bonchev–Trinajstić information content (AvgIpc) is 2.38. The number of carbonyl (C=O) groups excluding carboxylic acids is 1. The molecule has 19 heavy (non-hydrogen) atoms. The molecule has 1 fully saturated rings. The summed E-state index contributed by atoms with van der Waals surface area (Å²) < 4.78 is 0. The maximum absolute atomic E-state index is 12.1. The van der Waals surface area contributed by atoms with Crippen LogP contribution < -0.4 is 0 Å². The minimum Gasteiger partial charge on any atom is -0.341 e. The summed E-state index contributed by atoms with van der Waals surface area (Å²) in [5.74, 6) is 0.696. The van der Waals surface area contributed by atoms with Gasteiger partial charge in [-0.15, -0.1) is 0 Å². The SMILES string of the molecule is Cc1cc(C2CCCN(C(=O)CN(C)C)C2)ccn1. The van der Waals surface area contributed by atoms with Gasteiger partial charge < -0.3 is 9.80 Å². The van der Waals surface area contributed by atoms with E-state index in [1.165, 1.54) is 5.56 Å². The molecule has 1 atom stereocenters. The van der Waals surface area contributed by atoms with E-state index in [2.05, 4.69) is 17.1 Å². The predicted molar refractivity (Wildman–Crippen MR) is 76.1 cm³/mol. The van der Waals surface area contributed by atoms with Crippen LogP contribution in [0.15, 0.2) is 18.3 Å². The Morgan fingerprint density at radius 2 is 2.32 bits per heavy atom. The van der Waals surface area contributed by atoms with Crippen LogP contribution >= 0.6 is 0 Å². The van der Waals surface area contributed by atoms with Crippen molar-refractivity contribution in [2.45, 2.75) is 25.7 Å². The van der Waals surface area contributed by atoms with Crippen molar-refractivity contribution in [3.63, 3.8) is 0 Å². The van der Waals surface area contributed by atoms with Crippen molar-refractivity contribution in [2.24, 2.45) is 0 Å². The van der Waals surface area contributed by atoms with Crippen LogP contribution in [-0.4, -0.2) is 54.4 Å². The number of hydrogen-bond acceptors (Lipinski definition) is 3. The molecule has 1 aromatic rings. The monoisotopic (exact) mass is 261 g/mol. The van der Waals surface area contributed by atoms with E-state index in [-0.39, 0.29) is 5.91 Å². The Kier molecular flexibility index (Phi) is 4.53. The van der Waals surface area contributed by atoms with Crippen molar-refractivity contribution in [3.8, 4) is 0 Å². The summed E-state index contributed by atoms with van der Waals surface area (Å²) in [5.41, 5.74) is 2.36. The van der Waals surface area contributed by atoms with Crippen LogP contribution in [0.2, 0.25) is 0 Å². The fourth-order valence-corrected chi connectivity index (χ4v) is 2.67. The Labute approximate surface area is 115 Å². The first-order valence-electron chi connectivity index (χ1n) is 6.91. The number of carbonyl (C=O) groups is 1. The zero-order chi connectivity index (χ0) is 13.8. The first-order valence-corrected chi connectivity index (χ1v) is 6.91. The smallest absolute Gasteiger partial charge is 0.236 e. The van der Waals surface area contributed by atoms with E-state index in [0.29, 0.717) is 12.5 Å². The number of likely N-dealkylation sites (tertiary alicyclic amines) is 1. The Balaban J connectivity index is 2.03. The molecule has 0 aromatic carbocycles. The molecule has 0 spiro atoms. The second-order valence-electron chi connectivity index (χ2n) is 5.65. The van der Waals surface area contributed by atoms with E-state index < -0.39 is 0 Å². The molecule has 1 aliphatic heterocycles. The summed E-state index contributed by atoms with van der Waals surface area (Å²) in [6.45, 7) is 4.26. The normalized spacial score (nSPS) is 19.8. The second-order valence-corrected chi connectivity index (χ2v) is 5.65. The Morgan fingerprint density at radius 1 is 1.53 bits per heavy atom. The van der Waals surface area contributed by atoms with Crippen LogP contribution in [0.25, 0.3) is 0 Å². The van der Waals surface area contributed by atoms with Gasteiger partial charge in [0.1, 0.15) is 0 Å². The van der Waals surface area contributed by atoms with E-state index >= 15 is 0 Å². The van der Waals surface area contributed by atoms with E-state index in [9.17, 15) is 4.79 Å². The Hall–Kier alpha value is -1.42. The number of aryl methyl sites for hydroxylation is 1. The highest BCUT2D eigenvalue weighted by Gasteiger charge is 2.24. The summed E-state index contributed by atoms with van der Waals surface area (Å²) in [4.78, 5) is 20.3. The van der Waals surface area contributed by atoms with E-state index in [0.717, 1.165) is 31.6 Å². The lowest BCUT2D eigenvalue weighted by atomic mass is 9.91. The number of rotatable bonds is 3. The minimum absolute atomic E-state index is 0.237. The molecule has 0 aliphatic carbocycles. The van der Waals surface area contributed by atoms with Crippen LogP contribution in [0.3, 0.4) is 0 Å². The summed E-state index contributed by atoms with van der Waals surface area (Å²) in [5, 5.41) is 0. The minimum atomic E-state index is 0.237. The van der Waals surface area contributed by atoms with Crippen molar-refractivity contribution in [1.29, 1.82) is 0 Å². The van der Waals surface area contributed by atoms with Crippen LogP contribution in [-0.2, 0) is 4.79 Å². The molecule has 1 unspecified atom stereocenters. The van der Waals surface area contributed by atoms with Crippen molar-refractivity contribution < 1.29 is 4.79 Å². The topological polar surface area (TPSA) is 36.4 Å². The second kappa shape index (κ2) is 6.15. The van der Waals surface area contributed by atoms with Crippen LogP contribution in [0, 0.1) is 6.92 Å². The molecule has 1 saturated heterocycles. The maximum Gasteiger partial charge on any atom is 0.236 e. The molecule has 2 heterocycles. The van der Waals surface area contributed by atoms with Gasteiger partial charge in [0.05, 0.1) is 6.54 Å². The highest BCUT2D eigenvalue weighted by atomic mass is 16.2.